The average molecular weight is 285 g/mol. The molecule has 0 N–H and O–H groups in total. The maximum absolute atomic E-state index is 5.63. The van der Waals surface area contributed by atoms with Crippen molar-refractivity contribution in [2.75, 3.05) is 26.2 Å². The predicted molar refractivity (Wildman–Crippen MR) is 67.8 cm³/mol. The highest BCUT2D eigenvalue weighted by molar-refractivity contribution is 9.10. The molecule has 2 heterocycles. The van der Waals surface area contributed by atoms with Crippen LogP contribution in [0, 0.1) is 6.92 Å². The number of nitrogens with zero attached hydrogens (tertiary/aromatic N) is 2. The molecule has 0 atom stereocenters. The maximum Gasteiger partial charge on any atom is 0.213 e. The second-order valence-corrected chi connectivity index (χ2v) is 4.97. The molecule has 0 spiro atoms. The fourth-order valence-corrected chi connectivity index (χ4v) is 2.11. The smallest absolute Gasteiger partial charge is 0.213 e. The second kappa shape index (κ2) is 5.64. The summed E-state index contributed by atoms with van der Waals surface area (Å²) >= 11 is 3.43. The number of hydrogen-bond acceptors (Lipinski definition) is 3. The van der Waals surface area contributed by atoms with Crippen LogP contribution in [0.15, 0.2) is 16.6 Å². The molecular formula is C12H17BrN2O. The standard InChI is InChI=1S/C12H17BrN2O/c1-10-11(13)4-5-12(14-10)16-9-8-15-6-2-3-7-15/h4-5H,2-3,6-9H2,1H3. The normalized spacial score (nSPS) is 16.6. The lowest BCUT2D eigenvalue weighted by Gasteiger charge is -2.14. The van der Waals surface area contributed by atoms with Crippen LogP contribution in [-0.2, 0) is 0 Å². The molecule has 0 unspecified atom stereocenters. The third-order valence-electron chi connectivity index (χ3n) is 2.85. The molecule has 1 aromatic heterocycles. The molecule has 0 aromatic carbocycles. The number of halogens is 1. The Hall–Kier alpha value is -0.610. The molecule has 1 aliphatic heterocycles. The lowest BCUT2D eigenvalue weighted by atomic mass is 10.4. The van der Waals surface area contributed by atoms with E-state index in [4.69, 9.17) is 4.74 Å². The molecule has 1 aliphatic rings. The molecule has 88 valence electrons. The lowest BCUT2D eigenvalue weighted by Crippen LogP contribution is -2.25. The van der Waals surface area contributed by atoms with Gasteiger partial charge < -0.3 is 4.74 Å². The molecule has 0 saturated carbocycles. The van der Waals surface area contributed by atoms with Gasteiger partial charge in [0.1, 0.15) is 6.61 Å². The fourth-order valence-electron chi connectivity index (χ4n) is 1.89. The molecule has 3 nitrogen and oxygen atoms in total. The van der Waals surface area contributed by atoms with Crippen molar-refractivity contribution < 1.29 is 4.74 Å². The van der Waals surface area contributed by atoms with Gasteiger partial charge >= 0.3 is 0 Å². The van der Waals surface area contributed by atoms with E-state index in [0.29, 0.717) is 0 Å². The molecule has 0 amide bonds. The van der Waals surface area contributed by atoms with Crippen LogP contribution in [0.5, 0.6) is 5.88 Å². The van der Waals surface area contributed by atoms with Gasteiger partial charge in [-0.1, -0.05) is 0 Å². The number of likely N-dealkylation sites (tertiary alicyclic amines) is 1. The summed E-state index contributed by atoms with van der Waals surface area (Å²) in [5, 5.41) is 0. The summed E-state index contributed by atoms with van der Waals surface area (Å²) in [6.07, 6.45) is 2.66. The minimum atomic E-state index is 0.722. The number of ether oxygens (including phenoxy) is 1. The summed E-state index contributed by atoms with van der Waals surface area (Å²) in [6.45, 7) is 6.15. The highest BCUT2D eigenvalue weighted by atomic mass is 79.9. The van der Waals surface area contributed by atoms with E-state index >= 15 is 0 Å². The highest BCUT2D eigenvalue weighted by Gasteiger charge is 2.10. The first-order chi connectivity index (χ1) is 7.75. The first kappa shape index (κ1) is 11.9. The van der Waals surface area contributed by atoms with E-state index < -0.39 is 0 Å². The van der Waals surface area contributed by atoms with E-state index in [-0.39, 0.29) is 0 Å². The summed E-state index contributed by atoms with van der Waals surface area (Å²) in [7, 11) is 0. The molecule has 0 radical (unpaired) electrons. The van der Waals surface area contributed by atoms with Gasteiger partial charge in [-0.2, -0.15) is 0 Å². The molecule has 0 aliphatic carbocycles. The predicted octanol–water partition coefficient (Wildman–Crippen LogP) is 2.63. The molecule has 4 heteroatoms. The van der Waals surface area contributed by atoms with Crippen molar-refractivity contribution in [1.82, 2.24) is 9.88 Å². The summed E-state index contributed by atoms with van der Waals surface area (Å²) in [4.78, 5) is 6.79. The Balaban J connectivity index is 1.78. The van der Waals surface area contributed by atoms with E-state index in [1.807, 2.05) is 19.1 Å². The first-order valence-electron chi connectivity index (χ1n) is 5.74. The van der Waals surface area contributed by atoms with Crippen LogP contribution in [0.2, 0.25) is 0 Å². The number of pyridine rings is 1. The van der Waals surface area contributed by atoms with Crippen LogP contribution >= 0.6 is 15.9 Å². The van der Waals surface area contributed by atoms with Crippen LogP contribution < -0.4 is 4.74 Å². The van der Waals surface area contributed by atoms with Gasteiger partial charge in [-0.25, -0.2) is 4.98 Å². The fraction of sp³-hybridized carbons (Fsp3) is 0.583. The van der Waals surface area contributed by atoms with Gasteiger partial charge in [-0.3, -0.25) is 4.90 Å². The van der Waals surface area contributed by atoms with Gasteiger partial charge in [0, 0.05) is 17.1 Å². The first-order valence-corrected chi connectivity index (χ1v) is 6.53. The summed E-state index contributed by atoms with van der Waals surface area (Å²) in [5.41, 5.74) is 0.971. The van der Waals surface area contributed by atoms with Crippen molar-refractivity contribution >= 4 is 15.9 Å². The van der Waals surface area contributed by atoms with Gasteiger partial charge in [0.25, 0.3) is 0 Å². The van der Waals surface area contributed by atoms with E-state index in [0.717, 1.165) is 29.2 Å². The molecule has 2 rings (SSSR count). The van der Waals surface area contributed by atoms with Gasteiger partial charge in [0.2, 0.25) is 5.88 Å². The third-order valence-corrected chi connectivity index (χ3v) is 3.69. The van der Waals surface area contributed by atoms with Crippen LogP contribution in [0.25, 0.3) is 0 Å². The minimum Gasteiger partial charge on any atom is -0.476 e. The van der Waals surface area contributed by atoms with Crippen molar-refractivity contribution in [1.29, 1.82) is 0 Å². The number of hydrogen-bond donors (Lipinski definition) is 0. The average Bonchev–Trinajstić information content (AvgIpc) is 2.76. The molecule has 0 bridgehead atoms. The topological polar surface area (TPSA) is 25.4 Å². The Kier molecular flexibility index (Phi) is 4.18. The van der Waals surface area contributed by atoms with Crippen molar-refractivity contribution in [3.63, 3.8) is 0 Å². The van der Waals surface area contributed by atoms with Gasteiger partial charge in [0.15, 0.2) is 0 Å². The molecular weight excluding hydrogens is 268 g/mol. The summed E-state index contributed by atoms with van der Waals surface area (Å²) in [5.74, 6) is 0.722. The monoisotopic (exact) mass is 284 g/mol. The van der Waals surface area contributed by atoms with E-state index in [1.165, 1.54) is 25.9 Å². The zero-order valence-electron chi connectivity index (χ0n) is 9.58. The summed E-state index contributed by atoms with van der Waals surface area (Å²) in [6, 6.07) is 3.88. The van der Waals surface area contributed by atoms with Crippen LogP contribution in [-0.4, -0.2) is 36.1 Å². The van der Waals surface area contributed by atoms with Crippen molar-refractivity contribution in [2.45, 2.75) is 19.8 Å². The van der Waals surface area contributed by atoms with E-state index in [2.05, 4.69) is 25.8 Å². The quantitative estimate of drug-likeness (QED) is 0.850. The highest BCUT2D eigenvalue weighted by Crippen LogP contribution is 2.17. The zero-order chi connectivity index (χ0) is 11.4. The largest absolute Gasteiger partial charge is 0.476 e. The van der Waals surface area contributed by atoms with Gasteiger partial charge in [-0.15, -0.1) is 0 Å². The Morgan fingerprint density at radius 2 is 2.12 bits per heavy atom. The molecule has 1 fully saturated rings. The maximum atomic E-state index is 5.63. The number of rotatable bonds is 4. The van der Waals surface area contributed by atoms with Crippen molar-refractivity contribution in [3.05, 3.63) is 22.3 Å². The van der Waals surface area contributed by atoms with Crippen LogP contribution in [0.1, 0.15) is 18.5 Å². The number of aromatic nitrogens is 1. The molecule has 16 heavy (non-hydrogen) atoms. The van der Waals surface area contributed by atoms with Crippen molar-refractivity contribution in [3.8, 4) is 5.88 Å². The van der Waals surface area contributed by atoms with Crippen LogP contribution in [0.3, 0.4) is 0 Å². The van der Waals surface area contributed by atoms with Crippen LogP contribution in [0.4, 0.5) is 0 Å². The molecule has 1 saturated heterocycles. The Bertz CT molecular complexity index is 351. The SMILES string of the molecule is Cc1nc(OCCN2CCCC2)ccc1Br. The summed E-state index contributed by atoms with van der Waals surface area (Å²) < 4.78 is 6.66. The van der Waals surface area contributed by atoms with Gasteiger partial charge in [0.05, 0.1) is 5.69 Å². The third kappa shape index (κ3) is 3.19. The zero-order valence-corrected chi connectivity index (χ0v) is 11.2. The van der Waals surface area contributed by atoms with E-state index in [1.54, 1.807) is 0 Å². The number of aryl methyl sites for hydroxylation is 1. The lowest BCUT2D eigenvalue weighted by molar-refractivity contribution is 0.231. The Labute approximate surface area is 105 Å². The van der Waals surface area contributed by atoms with E-state index in [9.17, 15) is 0 Å². The minimum absolute atomic E-state index is 0.722. The van der Waals surface area contributed by atoms with Gasteiger partial charge in [-0.05, 0) is 54.9 Å². The Morgan fingerprint density at radius 1 is 1.38 bits per heavy atom. The van der Waals surface area contributed by atoms with Crippen molar-refractivity contribution in [2.24, 2.45) is 0 Å². The second-order valence-electron chi connectivity index (χ2n) is 4.11. The Morgan fingerprint density at radius 3 is 2.81 bits per heavy atom. The molecule has 1 aromatic rings.